The molecule has 76 valence electrons. The van der Waals surface area contributed by atoms with E-state index >= 15 is 0 Å². The van der Waals surface area contributed by atoms with E-state index in [0.29, 0.717) is 12.3 Å². The number of nitrogens with zero attached hydrogens (tertiary/aromatic N) is 1. The van der Waals surface area contributed by atoms with E-state index in [1.165, 1.54) is 0 Å². The molecule has 1 fully saturated rings. The van der Waals surface area contributed by atoms with Crippen LogP contribution in [0.3, 0.4) is 0 Å². The van der Waals surface area contributed by atoms with E-state index in [2.05, 4.69) is 5.32 Å². The summed E-state index contributed by atoms with van der Waals surface area (Å²) < 4.78 is 0. The van der Waals surface area contributed by atoms with Crippen LogP contribution in [0.2, 0.25) is 0 Å². The van der Waals surface area contributed by atoms with E-state index < -0.39 is 0 Å². The molecule has 4 heteroatoms. The number of carbonyl (C=O) groups excluding carboxylic acids is 2. The van der Waals surface area contributed by atoms with Crippen molar-refractivity contribution in [1.29, 1.82) is 0 Å². The van der Waals surface area contributed by atoms with E-state index in [-0.39, 0.29) is 5.91 Å². The molecule has 2 amide bonds. The zero-order valence-corrected chi connectivity index (χ0v) is 8.59. The zero-order chi connectivity index (χ0) is 10.3. The molecule has 0 aliphatic carbocycles. The van der Waals surface area contributed by atoms with Gasteiger partial charge in [-0.2, -0.15) is 0 Å². The van der Waals surface area contributed by atoms with Crippen LogP contribution in [-0.2, 0) is 9.59 Å². The van der Waals surface area contributed by atoms with Gasteiger partial charge in [-0.05, 0) is 6.42 Å². The Morgan fingerprint density at radius 3 is 2.31 bits per heavy atom. The Bertz CT molecular complexity index is 174. The highest BCUT2D eigenvalue weighted by molar-refractivity contribution is 5.77. The van der Waals surface area contributed by atoms with E-state index in [0.717, 1.165) is 19.4 Å². The zero-order valence-electron chi connectivity index (χ0n) is 8.59. The summed E-state index contributed by atoms with van der Waals surface area (Å²) in [5.74, 6) is 0.384. The van der Waals surface area contributed by atoms with Crippen molar-refractivity contribution in [2.24, 2.45) is 0 Å². The average molecular weight is 186 g/mol. The molecule has 0 bridgehead atoms. The van der Waals surface area contributed by atoms with E-state index in [4.69, 9.17) is 0 Å². The molecule has 13 heavy (non-hydrogen) atoms. The number of rotatable bonds is 1. The molecule has 1 aliphatic rings. The maximum absolute atomic E-state index is 10.5. The third kappa shape index (κ3) is 5.22. The first-order valence-corrected chi connectivity index (χ1v) is 4.56. The Kier molecular flexibility index (Phi) is 5.93. The van der Waals surface area contributed by atoms with Gasteiger partial charge >= 0.3 is 0 Å². The highest BCUT2D eigenvalue weighted by Gasteiger charge is 2.14. The van der Waals surface area contributed by atoms with Gasteiger partial charge in [0.15, 0.2) is 0 Å². The molecular formula is C9H18N2O2. The van der Waals surface area contributed by atoms with Crippen molar-refractivity contribution in [3.63, 3.8) is 0 Å². The lowest BCUT2D eigenvalue weighted by molar-refractivity contribution is -0.126. The summed E-state index contributed by atoms with van der Waals surface area (Å²) in [6.45, 7) is 2.78. The minimum absolute atomic E-state index is 0.0926. The van der Waals surface area contributed by atoms with Gasteiger partial charge in [-0.1, -0.05) is 6.92 Å². The fourth-order valence-electron chi connectivity index (χ4n) is 0.960. The van der Waals surface area contributed by atoms with Crippen molar-refractivity contribution in [2.45, 2.75) is 26.2 Å². The molecule has 0 spiro atoms. The van der Waals surface area contributed by atoms with Crippen LogP contribution in [0.25, 0.3) is 0 Å². The van der Waals surface area contributed by atoms with Gasteiger partial charge in [-0.3, -0.25) is 9.59 Å². The summed E-state index contributed by atoms with van der Waals surface area (Å²) >= 11 is 0. The summed E-state index contributed by atoms with van der Waals surface area (Å²) in [6.07, 6.45) is 2.39. The van der Waals surface area contributed by atoms with Crippen LogP contribution < -0.4 is 5.32 Å². The van der Waals surface area contributed by atoms with Crippen molar-refractivity contribution in [1.82, 2.24) is 10.2 Å². The maximum atomic E-state index is 10.5. The Hall–Kier alpha value is -1.06. The van der Waals surface area contributed by atoms with E-state index in [1.807, 2.05) is 14.0 Å². The van der Waals surface area contributed by atoms with E-state index in [1.54, 1.807) is 11.9 Å². The summed E-state index contributed by atoms with van der Waals surface area (Å²) in [5.41, 5.74) is 0. The van der Waals surface area contributed by atoms with Gasteiger partial charge in [0.2, 0.25) is 11.8 Å². The molecule has 1 aliphatic heterocycles. The van der Waals surface area contributed by atoms with Crippen molar-refractivity contribution < 1.29 is 9.59 Å². The summed E-state index contributed by atoms with van der Waals surface area (Å²) in [4.78, 5) is 22.3. The molecular weight excluding hydrogens is 168 g/mol. The van der Waals surface area contributed by atoms with Crippen molar-refractivity contribution in [2.75, 3.05) is 20.6 Å². The third-order valence-electron chi connectivity index (χ3n) is 1.91. The van der Waals surface area contributed by atoms with Crippen molar-refractivity contribution >= 4 is 11.8 Å². The summed E-state index contributed by atoms with van der Waals surface area (Å²) in [7, 11) is 3.47. The minimum Gasteiger partial charge on any atom is -0.359 e. The smallest absolute Gasteiger partial charge is 0.222 e. The highest BCUT2D eigenvalue weighted by Crippen LogP contribution is 2.04. The van der Waals surface area contributed by atoms with Crippen LogP contribution in [0.1, 0.15) is 26.2 Å². The second-order valence-electron chi connectivity index (χ2n) is 2.95. The van der Waals surface area contributed by atoms with Crippen molar-refractivity contribution in [3.8, 4) is 0 Å². The number of nitrogens with one attached hydrogen (secondary N) is 1. The fourth-order valence-corrected chi connectivity index (χ4v) is 0.960. The molecule has 0 aromatic rings. The highest BCUT2D eigenvalue weighted by atomic mass is 16.2. The topological polar surface area (TPSA) is 49.4 Å². The lowest BCUT2D eigenvalue weighted by Crippen LogP contribution is -2.17. The van der Waals surface area contributed by atoms with Gasteiger partial charge in [0.05, 0.1) is 0 Å². The molecule has 0 radical (unpaired) electrons. The van der Waals surface area contributed by atoms with Crippen LogP contribution in [0, 0.1) is 0 Å². The Morgan fingerprint density at radius 1 is 1.62 bits per heavy atom. The lowest BCUT2D eigenvalue weighted by atomic mass is 10.4. The summed E-state index contributed by atoms with van der Waals surface area (Å²) in [5, 5.41) is 2.48. The number of amides is 2. The first-order valence-electron chi connectivity index (χ1n) is 4.56. The van der Waals surface area contributed by atoms with Crippen LogP contribution in [0.15, 0.2) is 0 Å². The molecule has 0 unspecified atom stereocenters. The van der Waals surface area contributed by atoms with Gasteiger partial charge in [0, 0.05) is 33.5 Å². The molecule has 0 saturated carbocycles. The molecule has 1 rings (SSSR count). The summed E-state index contributed by atoms with van der Waals surface area (Å²) in [6, 6.07) is 0. The Balaban J connectivity index is 0.000000226. The minimum atomic E-state index is 0.0926. The average Bonchev–Trinajstić information content (AvgIpc) is 2.51. The molecule has 0 aromatic carbocycles. The van der Waals surface area contributed by atoms with Crippen LogP contribution in [0.4, 0.5) is 0 Å². The first kappa shape index (κ1) is 11.9. The monoisotopic (exact) mass is 186 g/mol. The third-order valence-corrected chi connectivity index (χ3v) is 1.91. The molecule has 1 saturated heterocycles. The molecule has 4 nitrogen and oxygen atoms in total. The van der Waals surface area contributed by atoms with Gasteiger partial charge in [0.1, 0.15) is 0 Å². The largest absolute Gasteiger partial charge is 0.359 e. The van der Waals surface area contributed by atoms with Crippen LogP contribution in [0.5, 0.6) is 0 Å². The predicted molar refractivity (Wildman–Crippen MR) is 51.2 cm³/mol. The van der Waals surface area contributed by atoms with Crippen LogP contribution in [-0.4, -0.2) is 37.4 Å². The molecule has 1 heterocycles. The quantitative estimate of drug-likeness (QED) is 0.643. The maximum Gasteiger partial charge on any atom is 0.222 e. The van der Waals surface area contributed by atoms with E-state index in [9.17, 15) is 9.59 Å². The standard InChI is InChI=1S/C5H9NO.C4H9NO/c1-6-4-2-3-5(6)7;1-3-4(6)5-2/h2-4H2,1H3;3H2,1-2H3,(H,5,6). The van der Waals surface area contributed by atoms with Gasteiger partial charge in [0.25, 0.3) is 0 Å². The van der Waals surface area contributed by atoms with Crippen molar-refractivity contribution in [3.05, 3.63) is 0 Å². The van der Waals surface area contributed by atoms with Crippen LogP contribution >= 0.6 is 0 Å². The lowest BCUT2D eigenvalue weighted by Gasteiger charge is -2.03. The number of hydrogen-bond donors (Lipinski definition) is 1. The number of hydrogen-bond acceptors (Lipinski definition) is 2. The van der Waals surface area contributed by atoms with Gasteiger partial charge in [-0.25, -0.2) is 0 Å². The fraction of sp³-hybridized carbons (Fsp3) is 0.778. The first-order chi connectivity index (χ1) is 6.11. The molecule has 0 atom stereocenters. The second kappa shape index (κ2) is 6.46. The predicted octanol–water partition coefficient (Wildman–Crippen LogP) is 0.381. The van der Waals surface area contributed by atoms with Gasteiger partial charge in [-0.15, -0.1) is 0 Å². The Morgan fingerprint density at radius 2 is 2.23 bits per heavy atom. The number of carbonyl (C=O) groups is 2. The SMILES string of the molecule is CCC(=O)NC.CN1CCCC1=O. The molecule has 1 N–H and O–H groups in total. The number of likely N-dealkylation sites (tertiary alicyclic amines) is 1. The van der Waals surface area contributed by atoms with Gasteiger partial charge < -0.3 is 10.2 Å². The Labute approximate surface area is 79.3 Å². The molecule has 0 aromatic heterocycles. The normalized spacial score (nSPS) is 15.0. The second-order valence-corrected chi connectivity index (χ2v) is 2.95.